The number of aromatic nitrogens is 3. The number of carbonyl (C=O) groups is 1. The van der Waals surface area contributed by atoms with Gasteiger partial charge in [0, 0.05) is 30.9 Å². The van der Waals surface area contributed by atoms with E-state index in [4.69, 9.17) is 4.74 Å². The van der Waals surface area contributed by atoms with Crippen molar-refractivity contribution >= 4 is 41.4 Å². The van der Waals surface area contributed by atoms with Crippen molar-refractivity contribution in [2.45, 2.75) is 12.8 Å². The number of benzene rings is 3. The van der Waals surface area contributed by atoms with Crippen molar-refractivity contribution < 1.29 is 14.5 Å². The number of nitrogens with one attached hydrogen (secondary N) is 2. The SMILES string of the molecule is O=C(Oc1cccc(/C=N\Nc2nc(Nc3ccccc3)nc(N3CCCC3)n2)c1)c1ccc([N+](=O)[O-])cc1. The highest BCUT2D eigenvalue weighted by Gasteiger charge is 2.17. The molecule has 3 aromatic carbocycles. The van der Waals surface area contributed by atoms with Crippen molar-refractivity contribution in [1.82, 2.24) is 15.0 Å². The molecule has 12 nitrogen and oxygen atoms in total. The lowest BCUT2D eigenvalue weighted by Gasteiger charge is -2.16. The molecule has 1 aromatic heterocycles. The summed E-state index contributed by atoms with van der Waals surface area (Å²) in [4.78, 5) is 38.4. The van der Waals surface area contributed by atoms with Gasteiger partial charge in [-0.15, -0.1) is 0 Å². The molecule has 5 rings (SSSR count). The van der Waals surface area contributed by atoms with Crippen LogP contribution < -0.4 is 20.4 Å². The summed E-state index contributed by atoms with van der Waals surface area (Å²) in [5.74, 6) is 0.917. The molecular weight excluding hydrogens is 500 g/mol. The highest BCUT2D eigenvalue weighted by Crippen LogP contribution is 2.21. The van der Waals surface area contributed by atoms with Gasteiger partial charge in [-0.05, 0) is 54.8 Å². The van der Waals surface area contributed by atoms with Crippen molar-refractivity contribution in [3.63, 3.8) is 0 Å². The molecule has 0 spiro atoms. The molecule has 0 amide bonds. The van der Waals surface area contributed by atoms with Crippen molar-refractivity contribution in [3.8, 4) is 5.75 Å². The third kappa shape index (κ3) is 6.68. The van der Waals surface area contributed by atoms with Gasteiger partial charge in [-0.3, -0.25) is 10.1 Å². The van der Waals surface area contributed by atoms with Crippen LogP contribution in [0.25, 0.3) is 0 Å². The Hall–Kier alpha value is -5.39. The maximum absolute atomic E-state index is 12.4. The summed E-state index contributed by atoms with van der Waals surface area (Å²) in [5, 5.41) is 18.3. The van der Waals surface area contributed by atoms with E-state index in [0.29, 0.717) is 23.2 Å². The van der Waals surface area contributed by atoms with E-state index in [-0.39, 0.29) is 17.2 Å². The second kappa shape index (κ2) is 11.8. The Bertz CT molecular complexity index is 1490. The highest BCUT2D eigenvalue weighted by atomic mass is 16.6. The van der Waals surface area contributed by atoms with Crippen LogP contribution in [0, 0.1) is 10.1 Å². The van der Waals surface area contributed by atoms with Crippen LogP contribution in [0.1, 0.15) is 28.8 Å². The number of ether oxygens (including phenoxy) is 1. The Kier molecular flexibility index (Phi) is 7.63. The second-order valence-corrected chi connectivity index (χ2v) is 8.60. The van der Waals surface area contributed by atoms with Crippen LogP contribution in [0.4, 0.5) is 29.2 Å². The average molecular weight is 525 g/mol. The average Bonchev–Trinajstić information content (AvgIpc) is 3.49. The van der Waals surface area contributed by atoms with Crippen LogP contribution in [-0.2, 0) is 0 Å². The summed E-state index contributed by atoms with van der Waals surface area (Å²) < 4.78 is 5.41. The van der Waals surface area contributed by atoms with E-state index in [1.807, 2.05) is 30.3 Å². The van der Waals surface area contributed by atoms with Gasteiger partial charge in [-0.2, -0.15) is 20.1 Å². The zero-order chi connectivity index (χ0) is 27.0. The van der Waals surface area contributed by atoms with E-state index in [0.717, 1.165) is 31.6 Å². The molecule has 2 heterocycles. The molecule has 1 aliphatic heterocycles. The Balaban J connectivity index is 1.27. The minimum atomic E-state index is -0.629. The van der Waals surface area contributed by atoms with Crippen molar-refractivity contribution in [1.29, 1.82) is 0 Å². The fourth-order valence-corrected chi connectivity index (χ4v) is 3.89. The van der Waals surface area contributed by atoms with Crippen LogP contribution in [0.15, 0.2) is 84.0 Å². The zero-order valence-corrected chi connectivity index (χ0v) is 20.7. The lowest BCUT2D eigenvalue weighted by molar-refractivity contribution is -0.384. The summed E-state index contributed by atoms with van der Waals surface area (Å²) in [6.45, 7) is 1.76. The van der Waals surface area contributed by atoms with Gasteiger partial charge in [-0.1, -0.05) is 30.3 Å². The first-order chi connectivity index (χ1) is 19.0. The fraction of sp³-hybridized carbons (Fsp3) is 0.148. The Morgan fingerprint density at radius 3 is 2.44 bits per heavy atom. The predicted molar refractivity (Wildman–Crippen MR) is 147 cm³/mol. The van der Waals surface area contributed by atoms with Gasteiger partial charge < -0.3 is 15.0 Å². The molecule has 1 saturated heterocycles. The van der Waals surface area contributed by atoms with Crippen LogP contribution >= 0.6 is 0 Å². The van der Waals surface area contributed by atoms with E-state index < -0.39 is 10.9 Å². The first-order valence-corrected chi connectivity index (χ1v) is 12.2. The quantitative estimate of drug-likeness (QED) is 0.103. The van der Waals surface area contributed by atoms with E-state index in [1.165, 1.54) is 24.3 Å². The maximum Gasteiger partial charge on any atom is 0.343 e. The standard InChI is InChI=1S/C27H24N8O4/c36-24(20-11-13-22(14-12-20)35(37)38)39-23-10-6-7-19(17-23)18-28-33-26-30-25(29-21-8-2-1-3-9-21)31-27(32-26)34-15-4-5-16-34/h1-3,6-14,17-18H,4-5,15-16H2,(H2,29,30,31,32,33)/b28-18-. The molecule has 0 radical (unpaired) electrons. The number of nitro groups is 1. The molecule has 0 saturated carbocycles. The van der Waals surface area contributed by atoms with Gasteiger partial charge in [0.05, 0.1) is 16.7 Å². The van der Waals surface area contributed by atoms with Gasteiger partial charge in [0.1, 0.15) is 5.75 Å². The summed E-state index contributed by atoms with van der Waals surface area (Å²) in [7, 11) is 0. The summed E-state index contributed by atoms with van der Waals surface area (Å²) in [6, 6.07) is 21.6. The monoisotopic (exact) mass is 524 g/mol. The number of carbonyl (C=O) groups excluding carboxylic acids is 1. The third-order valence-corrected chi connectivity index (χ3v) is 5.80. The normalized spacial score (nSPS) is 12.9. The van der Waals surface area contributed by atoms with Crippen molar-refractivity contribution in [2.75, 3.05) is 28.7 Å². The number of nitrogens with zero attached hydrogens (tertiary/aromatic N) is 6. The smallest absolute Gasteiger partial charge is 0.343 e. The van der Waals surface area contributed by atoms with E-state index >= 15 is 0 Å². The molecule has 2 N–H and O–H groups in total. The number of esters is 1. The van der Waals surface area contributed by atoms with E-state index in [1.54, 1.807) is 30.5 Å². The molecule has 1 aliphatic rings. The number of nitro benzene ring substituents is 1. The summed E-state index contributed by atoms with van der Waals surface area (Å²) in [6.07, 6.45) is 3.71. The number of hydrazone groups is 1. The molecule has 0 unspecified atom stereocenters. The van der Waals surface area contributed by atoms with Gasteiger partial charge in [0.2, 0.25) is 17.8 Å². The third-order valence-electron chi connectivity index (χ3n) is 5.80. The second-order valence-electron chi connectivity index (χ2n) is 8.60. The van der Waals surface area contributed by atoms with Crippen LogP contribution in [0.2, 0.25) is 0 Å². The molecule has 1 fully saturated rings. The summed E-state index contributed by atoms with van der Waals surface area (Å²) in [5.41, 5.74) is 4.47. The van der Waals surface area contributed by atoms with E-state index in [2.05, 4.69) is 35.7 Å². The molecule has 0 atom stereocenters. The molecule has 196 valence electrons. The van der Waals surface area contributed by atoms with Crippen LogP contribution in [0.5, 0.6) is 5.75 Å². The highest BCUT2D eigenvalue weighted by molar-refractivity contribution is 5.91. The topological polar surface area (TPSA) is 148 Å². The molecule has 0 bridgehead atoms. The van der Waals surface area contributed by atoms with Gasteiger partial charge in [0.25, 0.3) is 5.69 Å². The van der Waals surface area contributed by atoms with Crippen molar-refractivity contribution in [2.24, 2.45) is 5.10 Å². The number of para-hydroxylation sites is 1. The van der Waals surface area contributed by atoms with E-state index in [9.17, 15) is 14.9 Å². The Morgan fingerprint density at radius 2 is 1.69 bits per heavy atom. The number of non-ortho nitro benzene ring substituents is 1. The predicted octanol–water partition coefficient (Wildman–Crippen LogP) is 4.79. The number of rotatable bonds is 9. The van der Waals surface area contributed by atoms with Gasteiger partial charge in [-0.25, -0.2) is 10.2 Å². The minimum Gasteiger partial charge on any atom is -0.423 e. The Morgan fingerprint density at radius 1 is 0.949 bits per heavy atom. The Labute approximate surface area is 223 Å². The fourth-order valence-electron chi connectivity index (χ4n) is 3.89. The number of hydrogen-bond donors (Lipinski definition) is 2. The van der Waals surface area contributed by atoms with Crippen LogP contribution in [-0.4, -0.2) is 45.1 Å². The molecule has 12 heteroatoms. The zero-order valence-electron chi connectivity index (χ0n) is 20.7. The van der Waals surface area contributed by atoms with Crippen LogP contribution in [0.3, 0.4) is 0 Å². The number of anilines is 4. The van der Waals surface area contributed by atoms with Gasteiger partial charge >= 0.3 is 5.97 Å². The lowest BCUT2D eigenvalue weighted by Crippen LogP contribution is -2.21. The first-order valence-electron chi connectivity index (χ1n) is 12.2. The minimum absolute atomic E-state index is 0.106. The lowest BCUT2D eigenvalue weighted by atomic mass is 10.2. The number of hydrogen-bond acceptors (Lipinski definition) is 11. The maximum atomic E-state index is 12.4. The first kappa shape index (κ1) is 25.3. The van der Waals surface area contributed by atoms with Crippen molar-refractivity contribution in [3.05, 3.63) is 100 Å². The largest absolute Gasteiger partial charge is 0.423 e. The molecule has 39 heavy (non-hydrogen) atoms. The molecular formula is C27H24N8O4. The van der Waals surface area contributed by atoms with Gasteiger partial charge in [0.15, 0.2) is 0 Å². The molecule has 4 aromatic rings. The summed E-state index contributed by atoms with van der Waals surface area (Å²) >= 11 is 0. The molecule has 0 aliphatic carbocycles.